The molecule has 1 aromatic carbocycles. The summed E-state index contributed by atoms with van der Waals surface area (Å²) in [5, 5.41) is 12.4. The van der Waals surface area contributed by atoms with Crippen LogP contribution in [0.15, 0.2) is 54.0 Å². The molecule has 2 aliphatic rings. The van der Waals surface area contributed by atoms with E-state index in [2.05, 4.69) is 43.8 Å². The third-order valence-corrected chi connectivity index (χ3v) is 7.23. The quantitative estimate of drug-likeness (QED) is 0.420. The number of aliphatic hydroxyl groups is 1. The number of aliphatic hydroxyl groups excluding tert-OH is 1. The van der Waals surface area contributed by atoms with E-state index in [9.17, 15) is 9.59 Å². The molecular formula is C27H33N7O3. The van der Waals surface area contributed by atoms with Crippen molar-refractivity contribution >= 4 is 34.3 Å². The average molecular weight is 504 g/mol. The Morgan fingerprint density at radius 1 is 1.19 bits per heavy atom. The van der Waals surface area contributed by atoms with Crippen LogP contribution in [0.3, 0.4) is 0 Å². The highest BCUT2D eigenvalue weighted by atomic mass is 16.3. The van der Waals surface area contributed by atoms with Gasteiger partial charge in [-0.15, -0.1) is 0 Å². The number of H-pyrrole nitrogens is 1. The van der Waals surface area contributed by atoms with Crippen LogP contribution >= 0.6 is 0 Å². The topological polar surface area (TPSA) is 118 Å². The minimum Gasteiger partial charge on any atom is -0.395 e. The molecule has 0 saturated carbocycles. The van der Waals surface area contributed by atoms with E-state index in [4.69, 9.17) is 10.1 Å². The highest BCUT2D eigenvalue weighted by molar-refractivity contribution is 5.87. The number of rotatable bonds is 7. The Kier molecular flexibility index (Phi) is 7.47. The Morgan fingerprint density at radius 3 is 2.70 bits per heavy atom. The molecule has 37 heavy (non-hydrogen) atoms. The Balaban J connectivity index is 1.33. The van der Waals surface area contributed by atoms with Gasteiger partial charge in [-0.2, -0.15) is 0 Å². The van der Waals surface area contributed by atoms with E-state index < -0.39 is 0 Å². The van der Waals surface area contributed by atoms with Gasteiger partial charge in [0.1, 0.15) is 0 Å². The van der Waals surface area contributed by atoms with Gasteiger partial charge in [0.15, 0.2) is 0 Å². The Labute approximate surface area is 215 Å². The smallest absolute Gasteiger partial charge is 0.248 e. The number of pyridine rings is 1. The summed E-state index contributed by atoms with van der Waals surface area (Å²) in [6.45, 7) is 9.49. The van der Waals surface area contributed by atoms with E-state index in [0.29, 0.717) is 30.1 Å². The second-order valence-electron chi connectivity index (χ2n) is 9.60. The predicted molar refractivity (Wildman–Crippen MR) is 144 cm³/mol. The van der Waals surface area contributed by atoms with E-state index in [1.165, 1.54) is 6.08 Å². The zero-order valence-electron chi connectivity index (χ0n) is 20.9. The van der Waals surface area contributed by atoms with Crippen LogP contribution < -0.4 is 15.8 Å². The third kappa shape index (κ3) is 5.65. The zero-order chi connectivity index (χ0) is 25.8. The number of β-amino-alcohol motifs (C(OH)–C–C–N with tert-alkyl or cyclic N) is 1. The van der Waals surface area contributed by atoms with Gasteiger partial charge in [0.25, 0.3) is 0 Å². The second kappa shape index (κ2) is 11.1. The molecule has 0 radical (unpaired) electrons. The van der Waals surface area contributed by atoms with E-state index in [1.807, 2.05) is 12.1 Å². The molecule has 1 amide bonds. The van der Waals surface area contributed by atoms with Crippen molar-refractivity contribution in [2.45, 2.75) is 18.8 Å². The monoisotopic (exact) mass is 503 g/mol. The molecule has 2 aromatic heterocycles. The maximum absolute atomic E-state index is 12.4. The lowest BCUT2D eigenvalue weighted by atomic mass is 9.90. The van der Waals surface area contributed by atoms with Crippen LogP contribution in [0, 0.1) is 0 Å². The minimum absolute atomic E-state index is 0.0160. The lowest BCUT2D eigenvalue weighted by Gasteiger charge is -2.35. The van der Waals surface area contributed by atoms with Crippen molar-refractivity contribution in [2.75, 3.05) is 62.6 Å². The Hall–Kier alpha value is -3.76. The van der Waals surface area contributed by atoms with Crippen molar-refractivity contribution in [3.8, 4) is 0 Å². The maximum atomic E-state index is 12.4. The van der Waals surface area contributed by atoms with Crippen LogP contribution in [0.4, 0.5) is 17.3 Å². The number of amides is 1. The summed E-state index contributed by atoms with van der Waals surface area (Å²) in [6, 6.07) is 9.79. The summed E-state index contributed by atoms with van der Waals surface area (Å²) in [4.78, 5) is 43.0. The number of aromatic amines is 1. The number of piperazine rings is 1. The fourth-order valence-electron chi connectivity index (χ4n) is 5.26. The number of aromatic nitrogens is 3. The first-order chi connectivity index (χ1) is 18.0. The second-order valence-corrected chi connectivity index (χ2v) is 9.60. The molecule has 1 unspecified atom stereocenters. The molecule has 10 nitrogen and oxygen atoms in total. The van der Waals surface area contributed by atoms with Crippen LogP contribution in [0.5, 0.6) is 0 Å². The summed E-state index contributed by atoms with van der Waals surface area (Å²) in [7, 11) is 0. The number of nitrogens with one attached hydrogen (secondary N) is 2. The van der Waals surface area contributed by atoms with Crippen LogP contribution in [0.25, 0.3) is 11.0 Å². The van der Waals surface area contributed by atoms with Crippen molar-refractivity contribution in [3.63, 3.8) is 0 Å². The molecule has 1 atom stereocenters. The molecule has 194 valence electrons. The van der Waals surface area contributed by atoms with E-state index in [0.717, 1.165) is 62.5 Å². The first-order valence-corrected chi connectivity index (χ1v) is 12.8. The lowest BCUT2D eigenvalue weighted by molar-refractivity contribution is -0.127. The molecule has 2 fully saturated rings. The van der Waals surface area contributed by atoms with Gasteiger partial charge < -0.3 is 25.2 Å². The van der Waals surface area contributed by atoms with Crippen molar-refractivity contribution in [1.29, 1.82) is 0 Å². The van der Waals surface area contributed by atoms with Gasteiger partial charge in [-0.05, 0) is 48.7 Å². The fourth-order valence-corrected chi connectivity index (χ4v) is 5.26. The Bertz CT molecular complexity index is 1320. The molecular weight excluding hydrogens is 470 g/mol. The summed E-state index contributed by atoms with van der Waals surface area (Å²) >= 11 is 0. The van der Waals surface area contributed by atoms with Crippen LogP contribution in [0.1, 0.15) is 24.3 Å². The van der Waals surface area contributed by atoms with E-state index in [-0.39, 0.29) is 24.0 Å². The number of hydrogen-bond donors (Lipinski definition) is 3. The van der Waals surface area contributed by atoms with Gasteiger partial charge in [0.2, 0.25) is 17.4 Å². The van der Waals surface area contributed by atoms with E-state index in [1.54, 1.807) is 17.2 Å². The molecule has 0 bridgehead atoms. The summed E-state index contributed by atoms with van der Waals surface area (Å²) in [5.41, 5.74) is 3.93. The van der Waals surface area contributed by atoms with Crippen molar-refractivity contribution in [2.24, 2.45) is 0 Å². The highest BCUT2D eigenvalue weighted by Gasteiger charge is 2.26. The largest absolute Gasteiger partial charge is 0.395 e. The van der Waals surface area contributed by atoms with Crippen molar-refractivity contribution in [1.82, 2.24) is 24.8 Å². The minimum atomic E-state index is -0.202. The van der Waals surface area contributed by atoms with Gasteiger partial charge in [-0.25, -0.2) is 9.97 Å². The average Bonchev–Trinajstić information content (AvgIpc) is 2.93. The highest BCUT2D eigenvalue weighted by Crippen LogP contribution is 2.30. The number of likely N-dealkylation sites (tertiary alicyclic amines) is 1. The normalized spacial score (nSPS) is 18.7. The fraction of sp³-hybridized carbons (Fsp3) is 0.407. The van der Waals surface area contributed by atoms with Gasteiger partial charge in [0.05, 0.1) is 23.8 Å². The Morgan fingerprint density at radius 2 is 1.97 bits per heavy atom. The first-order valence-electron chi connectivity index (χ1n) is 12.8. The molecule has 5 rings (SSSR count). The third-order valence-electron chi connectivity index (χ3n) is 7.23. The number of carbonyl (C=O) groups excluding carboxylic acids is 1. The number of carbonyl (C=O) groups is 1. The number of benzene rings is 1. The molecule has 2 aliphatic heterocycles. The van der Waals surface area contributed by atoms with Gasteiger partial charge in [-0.3, -0.25) is 14.5 Å². The molecule has 2 saturated heterocycles. The lowest BCUT2D eigenvalue weighted by Crippen LogP contribution is -2.47. The van der Waals surface area contributed by atoms with E-state index >= 15 is 0 Å². The number of anilines is 3. The van der Waals surface area contributed by atoms with Gasteiger partial charge >= 0.3 is 0 Å². The standard InChI is InChI=1S/C27H33N7O3/c1-2-25(37)34-9-3-4-19(18-34)22-16-24(36)30-23-17-28-27(31-26(22)23)29-20-5-7-21(8-6-20)33-12-10-32(11-13-33)14-15-35/h2,5-8,16-17,19,35H,1,3-4,9-15,18H2,(H,30,36)(H,28,29,31). The summed E-state index contributed by atoms with van der Waals surface area (Å²) in [5.74, 6) is 0.370. The van der Waals surface area contributed by atoms with Gasteiger partial charge in [0, 0.05) is 69.2 Å². The van der Waals surface area contributed by atoms with Gasteiger partial charge in [-0.1, -0.05) is 6.58 Å². The molecule has 10 heteroatoms. The van der Waals surface area contributed by atoms with Crippen molar-refractivity contribution < 1.29 is 9.90 Å². The van der Waals surface area contributed by atoms with Crippen LogP contribution in [-0.4, -0.2) is 88.2 Å². The van der Waals surface area contributed by atoms with Crippen LogP contribution in [-0.2, 0) is 4.79 Å². The van der Waals surface area contributed by atoms with Crippen LogP contribution in [0.2, 0.25) is 0 Å². The predicted octanol–water partition coefficient (Wildman–Crippen LogP) is 2.07. The molecule has 3 N–H and O–H groups in total. The number of piperidine rings is 1. The SMILES string of the molecule is C=CC(=O)N1CCCC(c2cc(=O)[nH]c3cnc(Nc4ccc(N5CCN(CCO)CC5)cc4)nc23)C1. The molecule has 4 heterocycles. The molecule has 3 aromatic rings. The molecule has 0 spiro atoms. The zero-order valence-corrected chi connectivity index (χ0v) is 20.9. The maximum Gasteiger partial charge on any atom is 0.248 e. The van der Waals surface area contributed by atoms with Crippen molar-refractivity contribution in [3.05, 3.63) is 65.1 Å². The number of hydrogen-bond acceptors (Lipinski definition) is 8. The number of nitrogens with zero attached hydrogens (tertiary/aromatic N) is 5. The molecule has 0 aliphatic carbocycles. The number of fused-ring (bicyclic) bond motifs is 1. The first kappa shape index (κ1) is 24.9. The summed E-state index contributed by atoms with van der Waals surface area (Å²) < 4.78 is 0. The summed E-state index contributed by atoms with van der Waals surface area (Å²) in [6.07, 6.45) is 4.70.